The van der Waals surface area contributed by atoms with Crippen molar-refractivity contribution in [3.8, 4) is 0 Å². The lowest BCUT2D eigenvalue weighted by Crippen LogP contribution is -2.60. The minimum atomic E-state index is -1.58. The molecule has 1 heterocycles. The topological polar surface area (TPSA) is 175 Å². The first-order valence-electron chi connectivity index (χ1n) is 29.4. The fraction of sp³-hybridized carbons (Fsp3) is 0.833. The van der Waals surface area contributed by atoms with Crippen LogP contribution >= 0.6 is 0 Å². The van der Waals surface area contributed by atoms with E-state index in [1.54, 1.807) is 6.08 Å². The van der Waals surface area contributed by atoms with Gasteiger partial charge in [0.1, 0.15) is 24.4 Å². The zero-order chi connectivity index (χ0) is 51.7. The first-order valence-corrected chi connectivity index (χ1v) is 29.4. The lowest BCUT2D eigenvalue weighted by Gasteiger charge is -2.40. The van der Waals surface area contributed by atoms with Crippen molar-refractivity contribution >= 4 is 11.9 Å². The number of aliphatic hydroxyl groups is 5. The number of nitrogens with one attached hydrogen (secondary N) is 1. The summed E-state index contributed by atoms with van der Waals surface area (Å²) in [5.41, 5.74) is 0. The molecule has 0 saturated carbocycles. The van der Waals surface area contributed by atoms with Crippen LogP contribution in [0.15, 0.2) is 48.6 Å². The highest BCUT2D eigenvalue weighted by molar-refractivity contribution is 5.76. The standard InChI is InChI=1S/C60H109NO10/c1-3-5-7-9-11-13-15-23-27-30-34-38-42-46-53(63)52(51-70-60-59(68)58(67)57(66)54(50-62)71-60)61-55(64)47-43-39-35-31-28-24-21-19-17-16-18-20-22-25-29-33-37-41-45-49-69-56(65)48-44-40-36-32-26-14-12-10-8-6-4-2/h11,13,16-17,27,30,42,46,52-54,57-60,62-63,66-68H,3-10,12,14-15,18-26,28-29,31-41,43-45,47-51H2,1-2H3,(H,61,64)/b13-11+,17-16-,30-27+,46-42+. The molecule has 1 saturated heterocycles. The van der Waals surface area contributed by atoms with Crippen LogP contribution in [0.25, 0.3) is 0 Å². The summed E-state index contributed by atoms with van der Waals surface area (Å²) in [5, 5.41) is 54.3. The fourth-order valence-electron chi connectivity index (χ4n) is 8.93. The first-order chi connectivity index (χ1) is 34.7. The molecule has 1 rings (SSSR count). The van der Waals surface area contributed by atoms with Gasteiger partial charge in [0, 0.05) is 12.8 Å². The molecule has 7 atom stereocenters. The van der Waals surface area contributed by atoms with Crippen molar-refractivity contribution in [2.45, 2.75) is 301 Å². The zero-order valence-corrected chi connectivity index (χ0v) is 45.4. The Morgan fingerprint density at radius 1 is 0.507 bits per heavy atom. The van der Waals surface area contributed by atoms with Gasteiger partial charge in [0.25, 0.3) is 0 Å². The molecule has 0 aliphatic carbocycles. The third-order valence-corrected chi connectivity index (χ3v) is 13.6. The van der Waals surface area contributed by atoms with E-state index in [0.717, 1.165) is 96.3 Å². The monoisotopic (exact) mass is 1000 g/mol. The molecule has 0 bridgehead atoms. The van der Waals surface area contributed by atoms with Crippen molar-refractivity contribution in [2.24, 2.45) is 0 Å². The van der Waals surface area contributed by atoms with Gasteiger partial charge in [-0.2, -0.15) is 0 Å². The highest BCUT2D eigenvalue weighted by atomic mass is 16.7. The molecule has 0 aromatic carbocycles. The van der Waals surface area contributed by atoms with Crippen molar-refractivity contribution in [3.63, 3.8) is 0 Å². The second-order valence-corrected chi connectivity index (χ2v) is 20.3. The van der Waals surface area contributed by atoms with E-state index in [1.165, 1.54) is 135 Å². The van der Waals surface area contributed by atoms with Crippen molar-refractivity contribution in [1.29, 1.82) is 0 Å². The second-order valence-electron chi connectivity index (χ2n) is 20.3. The maximum atomic E-state index is 13.0. The van der Waals surface area contributed by atoms with E-state index in [9.17, 15) is 35.1 Å². The van der Waals surface area contributed by atoms with Gasteiger partial charge >= 0.3 is 5.97 Å². The van der Waals surface area contributed by atoms with Gasteiger partial charge < -0.3 is 45.1 Å². The zero-order valence-electron chi connectivity index (χ0n) is 45.4. The number of hydrogen-bond acceptors (Lipinski definition) is 10. The van der Waals surface area contributed by atoms with E-state index in [4.69, 9.17) is 14.2 Å². The van der Waals surface area contributed by atoms with E-state index in [-0.39, 0.29) is 18.5 Å². The van der Waals surface area contributed by atoms with Crippen LogP contribution in [-0.2, 0) is 23.8 Å². The van der Waals surface area contributed by atoms with Crippen molar-refractivity contribution < 1.29 is 49.3 Å². The van der Waals surface area contributed by atoms with Crippen LogP contribution in [0.5, 0.6) is 0 Å². The average molecular weight is 1000 g/mol. The number of carbonyl (C=O) groups is 2. The molecule has 0 aromatic heterocycles. The minimum absolute atomic E-state index is 0.0127. The summed E-state index contributed by atoms with van der Waals surface area (Å²) in [6.07, 6.45) is 52.0. The number of unbranched alkanes of at least 4 members (excludes halogenated alkanes) is 30. The molecule has 11 nitrogen and oxygen atoms in total. The SMILES string of the molecule is CCCCC/C=C/CC/C=C/CC/C=C/C(O)C(COC1OC(CO)C(O)C(O)C1O)NC(=O)CCCCCCCCC/C=C\CCCCCCCCCCOC(=O)CCCCCCCCCCCCC. The molecular weight excluding hydrogens is 895 g/mol. The molecular formula is C60H109NO10. The summed E-state index contributed by atoms with van der Waals surface area (Å²) < 4.78 is 16.7. The summed E-state index contributed by atoms with van der Waals surface area (Å²) in [6, 6.07) is -0.842. The van der Waals surface area contributed by atoms with Gasteiger partial charge in [0.15, 0.2) is 6.29 Å². The molecule has 0 radical (unpaired) electrons. The second kappa shape index (κ2) is 49.8. The molecule has 6 N–H and O–H groups in total. The quantitative estimate of drug-likeness (QED) is 0.0195. The molecule has 0 aromatic rings. The number of hydrogen-bond donors (Lipinski definition) is 6. The summed E-state index contributed by atoms with van der Waals surface area (Å²) >= 11 is 0. The van der Waals surface area contributed by atoms with Crippen molar-refractivity contribution in [2.75, 3.05) is 19.8 Å². The Labute approximate surface area is 434 Å². The average Bonchev–Trinajstić information content (AvgIpc) is 3.37. The predicted molar refractivity (Wildman–Crippen MR) is 292 cm³/mol. The van der Waals surface area contributed by atoms with Crippen LogP contribution in [0.2, 0.25) is 0 Å². The number of amides is 1. The Kier molecular flexibility index (Phi) is 46.7. The van der Waals surface area contributed by atoms with Gasteiger partial charge in [-0.05, 0) is 83.5 Å². The van der Waals surface area contributed by atoms with E-state index in [1.807, 2.05) is 6.08 Å². The van der Waals surface area contributed by atoms with Crippen molar-refractivity contribution in [3.05, 3.63) is 48.6 Å². The Morgan fingerprint density at radius 3 is 1.42 bits per heavy atom. The molecule has 11 heteroatoms. The summed E-state index contributed by atoms with van der Waals surface area (Å²) in [5.74, 6) is -0.220. The third-order valence-electron chi connectivity index (χ3n) is 13.6. The summed E-state index contributed by atoms with van der Waals surface area (Å²) in [6.45, 7) is 4.26. The molecule has 7 unspecified atom stereocenters. The van der Waals surface area contributed by atoms with E-state index >= 15 is 0 Å². The van der Waals surface area contributed by atoms with Crippen LogP contribution in [-0.4, -0.2) is 100 Å². The van der Waals surface area contributed by atoms with Gasteiger partial charge in [-0.3, -0.25) is 9.59 Å². The van der Waals surface area contributed by atoms with E-state index in [2.05, 4.69) is 55.6 Å². The lowest BCUT2D eigenvalue weighted by atomic mass is 9.99. The molecule has 71 heavy (non-hydrogen) atoms. The maximum Gasteiger partial charge on any atom is 0.305 e. The number of carbonyl (C=O) groups excluding carboxylic acids is 2. The number of allylic oxidation sites excluding steroid dienone is 7. The summed E-state index contributed by atoms with van der Waals surface area (Å²) in [4.78, 5) is 25.0. The minimum Gasteiger partial charge on any atom is -0.466 e. The number of ether oxygens (including phenoxy) is 3. The molecule has 0 spiro atoms. The van der Waals surface area contributed by atoms with Crippen LogP contribution in [0.3, 0.4) is 0 Å². The maximum absolute atomic E-state index is 13.0. The van der Waals surface area contributed by atoms with Crippen LogP contribution in [0, 0.1) is 0 Å². The van der Waals surface area contributed by atoms with Crippen LogP contribution in [0.4, 0.5) is 0 Å². The van der Waals surface area contributed by atoms with Gasteiger partial charge in [0.2, 0.25) is 5.91 Å². The molecule has 1 fully saturated rings. The van der Waals surface area contributed by atoms with E-state index < -0.39 is 49.5 Å². The lowest BCUT2D eigenvalue weighted by molar-refractivity contribution is -0.302. The van der Waals surface area contributed by atoms with Gasteiger partial charge in [-0.1, -0.05) is 210 Å². The predicted octanol–water partition coefficient (Wildman–Crippen LogP) is 13.3. The fourth-order valence-corrected chi connectivity index (χ4v) is 8.93. The van der Waals surface area contributed by atoms with Crippen molar-refractivity contribution in [1.82, 2.24) is 5.32 Å². The number of esters is 1. The number of aliphatic hydroxyl groups excluding tert-OH is 5. The van der Waals surface area contributed by atoms with Gasteiger partial charge in [-0.25, -0.2) is 0 Å². The van der Waals surface area contributed by atoms with Gasteiger partial charge in [0.05, 0.1) is 32.0 Å². The highest BCUT2D eigenvalue weighted by Gasteiger charge is 2.44. The highest BCUT2D eigenvalue weighted by Crippen LogP contribution is 2.23. The normalized spacial score (nSPS) is 19.5. The Bertz CT molecular complexity index is 1320. The third kappa shape index (κ3) is 39.7. The van der Waals surface area contributed by atoms with Gasteiger partial charge in [-0.15, -0.1) is 0 Å². The van der Waals surface area contributed by atoms with Crippen LogP contribution < -0.4 is 5.32 Å². The smallest absolute Gasteiger partial charge is 0.305 e. The molecule has 1 aliphatic rings. The van der Waals surface area contributed by atoms with E-state index in [0.29, 0.717) is 19.4 Å². The van der Waals surface area contributed by atoms with Crippen LogP contribution in [0.1, 0.15) is 258 Å². The Balaban J connectivity index is 2.13. The molecule has 1 aliphatic heterocycles. The Morgan fingerprint density at radius 2 is 0.915 bits per heavy atom. The number of rotatable bonds is 50. The largest absolute Gasteiger partial charge is 0.466 e. The summed E-state index contributed by atoms with van der Waals surface area (Å²) in [7, 11) is 0. The Hall–Kier alpha value is -2.38. The molecule has 1 amide bonds. The first kappa shape index (κ1) is 66.6. The molecule has 414 valence electrons.